The summed E-state index contributed by atoms with van der Waals surface area (Å²) >= 11 is 0. The van der Waals surface area contributed by atoms with Crippen LogP contribution in [0.1, 0.15) is 62.5 Å². The maximum Gasteiger partial charge on any atom is 0.255 e. The Labute approximate surface area is 127 Å². The number of nitrogens with one attached hydrogen (secondary N) is 2. The molecule has 1 amide bonds. The third-order valence-corrected chi connectivity index (χ3v) is 4.41. The van der Waals surface area contributed by atoms with Gasteiger partial charge < -0.3 is 10.6 Å². The molecule has 0 bridgehead atoms. The van der Waals surface area contributed by atoms with Crippen molar-refractivity contribution in [2.24, 2.45) is 5.41 Å². The molecule has 0 radical (unpaired) electrons. The zero-order valence-corrected chi connectivity index (χ0v) is 13.6. The van der Waals surface area contributed by atoms with E-state index in [0.717, 1.165) is 30.8 Å². The molecule has 0 saturated heterocycles. The lowest BCUT2D eigenvalue weighted by molar-refractivity contribution is 0.0910. The standard InChI is InChI=1S/C17H27N3O/c1-5-9-18-14-10-12(2)19-11-13(14)16(21)20-15-7-6-8-17(15,3)4/h10-11,15H,5-9H2,1-4H3,(H,18,19)(H,20,21). The van der Waals surface area contributed by atoms with E-state index in [1.165, 1.54) is 12.8 Å². The molecular weight excluding hydrogens is 262 g/mol. The lowest BCUT2D eigenvalue weighted by atomic mass is 9.87. The van der Waals surface area contributed by atoms with E-state index < -0.39 is 0 Å². The fourth-order valence-electron chi connectivity index (χ4n) is 2.98. The lowest BCUT2D eigenvalue weighted by Gasteiger charge is -2.28. The number of anilines is 1. The summed E-state index contributed by atoms with van der Waals surface area (Å²) < 4.78 is 0. The fraction of sp³-hybridized carbons (Fsp3) is 0.647. The minimum atomic E-state index is -0.0129. The summed E-state index contributed by atoms with van der Waals surface area (Å²) in [4.78, 5) is 16.9. The summed E-state index contributed by atoms with van der Waals surface area (Å²) in [5.41, 5.74) is 2.64. The minimum Gasteiger partial charge on any atom is -0.384 e. The first-order valence-corrected chi connectivity index (χ1v) is 7.95. The van der Waals surface area contributed by atoms with Crippen LogP contribution < -0.4 is 10.6 Å². The van der Waals surface area contributed by atoms with Crippen LogP contribution in [0.4, 0.5) is 5.69 Å². The highest BCUT2D eigenvalue weighted by atomic mass is 16.1. The Morgan fingerprint density at radius 1 is 1.48 bits per heavy atom. The van der Waals surface area contributed by atoms with Gasteiger partial charge in [0.15, 0.2) is 0 Å². The van der Waals surface area contributed by atoms with Gasteiger partial charge in [0.25, 0.3) is 5.91 Å². The molecule has 2 N–H and O–H groups in total. The highest BCUT2D eigenvalue weighted by molar-refractivity contribution is 5.99. The highest BCUT2D eigenvalue weighted by Gasteiger charge is 2.35. The predicted molar refractivity (Wildman–Crippen MR) is 86.6 cm³/mol. The van der Waals surface area contributed by atoms with E-state index in [9.17, 15) is 4.79 Å². The van der Waals surface area contributed by atoms with E-state index in [-0.39, 0.29) is 17.4 Å². The summed E-state index contributed by atoms with van der Waals surface area (Å²) in [6.07, 6.45) is 6.13. The average Bonchev–Trinajstić information content (AvgIpc) is 2.75. The zero-order valence-electron chi connectivity index (χ0n) is 13.6. The number of nitrogens with zero attached hydrogens (tertiary/aromatic N) is 1. The van der Waals surface area contributed by atoms with E-state index in [4.69, 9.17) is 0 Å². The molecule has 1 unspecified atom stereocenters. The van der Waals surface area contributed by atoms with E-state index in [0.29, 0.717) is 5.56 Å². The summed E-state index contributed by atoms with van der Waals surface area (Å²) in [5, 5.41) is 6.53. The van der Waals surface area contributed by atoms with Crippen LogP contribution in [-0.2, 0) is 0 Å². The molecule has 0 aliphatic heterocycles. The highest BCUT2D eigenvalue weighted by Crippen LogP contribution is 2.37. The van der Waals surface area contributed by atoms with Gasteiger partial charge in [0, 0.05) is 24.5 Å². The molecule has 4 nitrogen and oxygen atoms in total. The second-order valence-corrected chi connectivity index (χ2v) is 6.70. The summed E-state index contributed by atoms with van der Waals surface area (Å²) in [5.74, 6) is -0.0129. The van der Waals surface area contributed by atoms with Gasteiger partial charge in [-0.15, -0.1) is 0 Å². The van der Waals surface area contributed by atoms with Gasteiger partial charge in [0.1, 0.15) is 0 Å². The SMILES string of the molecule is CCCNc1cc(C)ncc1C(=O)NC1CCCC1(C)C. The maximum absolute atomic E-state index is 12.6. The number of hydrogen-bond acceptors (Lipinski definition) is 3. The number of pyridine rings is 1. The summed E-state index contributed by atoms with van der Waals surface area (Å²) in [7, 11) is 0. The number of hydrogen-bond donors (Lipinski definition) is 2. The smallest absolute Gasteiger partial charge is 0.255 e. The van der Waals surface area contributed by atoms with Crippen LogP contribution in [0.5, 0.6) is 0 Å². The molecule has 1 aliphatic carbocycles. The first-order chi connectivity index (χ1) is 9.94. The Morgan fingerprint density at radius 2 is 2.24 bits per heavy atom. The van der Waals surface area contributed by atoms with E-state index in [2.05, 4.69) is 36.4 Å². The number of aryl methyl sites for hydroxylation is 1. The molecule has 4 heteroatoms. The van der Waals surface area contributed by atoms with Crippen molar-refractivity contribution >= 4 is 11.6 Å². The van der Waals surface area contributed by atoms with Crippen molar-refractivity contribution < 1.29 is 4.79 Å². The van der Waals surface area contributed by atoms with E-state index in [1.807, 2.05) is 13.0 Å². The normalized spacial score (nSPS) is 20.3. The van der Waals surface area contributed by atoms with Crippen LogP contribution in [0.25, 0.3) is 0 Å². The molecule has 1 aliphatic rings. The summed E-state index contributed by atoms with van der Waals surface area (Å²) in [6.45, 7) is 9.38. The van der Waals surface area contributed by atoms with Crippen LogP contribution in [0.3, 0.4) is 0 Å². The molecule has 1 saturated carbocycles. The molecular formula is C17H27N3O. The lowest BCUT2D eigenvalue weighted by Crippen LogP contribution is -2.41. The Morgan fingerprint density at radius 3 is 2.86 bits per heavy atom. The van der Waals surface area contributed by atoms with Crippen molar-refractivity contribution in [1.29, 1.82) is 0 Å². The van der Waals surface area contributed by atoms with Gasteiger partial charge in [-0.05, 0) is 37.7 Å². The van der Waals surface area contributed by atoms with Gasteiger partial charge in [0.2, 0.25) is 0 Å². The van der Waals surface area contributed by atoms with Crippen LogP contribution in [0, 0.1) is 12.3 Å². The van der Waals surface area contributed by atoms with E-state index in [1.54, 1.807) is 6.20 Å². The second-order valence-electron chi connectivity index (χ2n) is 6.70. The topological polar surface area (TPSA) is 54.0 Å². The largest absolute Gasteiger partial charge is 0.384 e. The van der Waals surface area contributed by atoms with Crippen molar-refractivity contribution in [2.45, 2.75) is 59.4 Å². The van der Waals surface area contributed by atoms with Crippen molar-refractivity contribution in [3.05, 3.63) is 23.5 Å². The Kier molecular flexibility index (Phi) is 4.86. The minimum absolute atomic E-state index is 0.0129. The molecule has 1 fully saturated rings. The molecule has 1 heterocycles. The van der Waals surface area contributed by atoms with Crippen LogP contribution in [0.15, 0.2) is 12.3 Å². The molecule has 1 atom stereocenters. The quantitative estimate of drug-likeness (QED) is 0.872. The van der Waals surface area contributed by atoms with Crippen LogP contribution in [0.2, 0.25) is 0 Å². The number of amides is 1. The molecule has 116 valence electrons. The van der Waals surface area contributed by atoms with Crippen molar-refractivity contribution in [3.8, 4) is 0 Å². The second kappa shape index (κ2) is 6.46. The first-order valence-electron chi connectivity index (χ1n) is 7.95. The van der Waals surface area contributed by atoms with Gasteiger partial charge in [-0.25, -0.2) is 0 Å². The van der Waals surface area contributed by atoms with Gasteiger partial charge in [0.05, 0.1) is 11.3 Å². The number of aromatic nitrogens is 1. The Hall–Kier alpha value is -1.58. The van der Waals surface area contributed by atoms with Crippen LogP contribution in [-0.4, -0.2) is 23.5 Å². The zero-order chi connectivity index (χ0) is 15.5. The van der Waals surface area contributed by atoms with Gasteiger partial charge in [-0.2, -0.15) is 0 Å². The maximum atomic E-state index is 12.6. The van der Waals surface area contributed by atoms with Crippen LogP contribution >= 0.6 is 0 Å². The number of rotatable bonds is 5. The Bertz CT molecular complexity index is 511. The molecule has 21 heavy (non-hydrogen) atoms. The van der Waals surface area contributed by atoms with Crippen molar-refractivity contribution in [2.75, 3.05) is 11.9 Å². The van der Waals surface area contributed by atoms with E-state index >= 15 is 0 Å². The molecule has 0 aromatic carbocycles. The number of carbonyl (C=O) groups excluding carboxylic acids is 1. The monoisotopic (exact) mass is 289 g/mol. The molecule has 1 aromatic rings. The van der Waals surface area contributed by atoms with Crippen molar-refractivity contribution in [1.82, 2.24) is 10.3 Å². The molecule has 1 aromatic heterocycles. The third-order valence-electron chi connectivity index (χ3n) is 4.41. The average molecular weight is 289 g/mol. The third kappa shape index (κ3) is 3.74. The van der Waals surface area contributed by atoms with Gasteiger partial charge in [-0.3, -0.25) is 9.78 Å². The van der Waals surface area contributed by atoms with Crippen molar-refractivity contribution in [3.63, 3.8) is 0 Å². The molecule has 2 rings (SSSR count). The van der Waals surface area contributed by atoms with Gasteiger partial charge >= 0.3 is 0 Å². The first kappa shape index (κ1) is 15.8. The molecule has 0 spiro atoms. The summed E-state index contributed by atoms with van der Waals surface area (Å²) in [6, 6.07) is 2.20. The number of carbonyl (C=O) groups is 1. The van der Waals surface area contributed by atoms with Gasteiger partial charge in [-0.1, -0.05) is 27.2 Å². The Balaban J connectivity index is 2.15. The predicted octanol–water partition coefficient (Wildman–Crippen LogP) is 3.52. The fourth-order valence-corrected chi connectivity index (χ4v) is 2.98.